The van der Waals surface area contributed by atoms with E-state index in [1.807, 2.05) is 0 Å². The minimum atomic E-state index is -3.43. The maximum atomic E-state index is 13.6. The zero-order valence-corrected chi connectivity index (χ0v) is 31.9. The van der Waals surface area contributed by atoms with Crippen molar-refractivity contribution < 1.29 is 38.1 Å². The minimum Gasteiger partial charge on any atom is -0.481 e. The topological polar surface area (TPSA) is 151 Å². The summed E-state index contributed by atoms with van der Waals surface area (Å²) in [7, 11) is -3.43. The Kier molecular flexibility index (Phi) is 15.4. The van der Waals surface area contributed by atoms with E-state index in [1.54, 1.807) is 0 Å². The van der Waals surface area contributed by atoms with Crippen LogP contribution in [0.4, 0.5) is 0 Å². The molecule has 4 saturated carbocycles. The van der Waals surface area contributed by atoms with E-state index in [4.69, 9.17) is 103 Å². The number of halogens is 8. The van der Waals surface area contributed by atoms with Crippen LogP contribution in [-0.4, -0.2) is 109 Å². The Hall–Kier alpha value is 1.05. The first-order valence-electron chi connectivity index (χ1n) is 15.6. The second-order valence-electron chi connectivity index (χ2n) is 13.0. The molecule has 12 unspecified atom stereocenters. The number of alkyl halides is 8. The largest absolute Gasteiger partial charge is 0.481 e. The molecule has 12 atom stereocenters. The summed E-state index contributed by atoms with van der Waals surface area (Å²) in [5.74, 6) is -5.12. The quantitative estimate of drug-likeness (QED) is 0.119. The molecule has 4 N–H and O–H groups in total. The van der Waals surface area contributed by atoms with Crippen LogP contribution in [0.1, 0.15) is 51.4 Å². The van der Waals surface area contributed by atoms with E-state index in [0.717, 1.165) is 0 Å². The fraction of sp³-hybridized carbons (Fsp3) is 0.929. The van der Waals surface area contributed by atoms with Crippen LogP contribution in [0, 0.1) is 23.7 Å². The van der Waals surface area contributed by atoms with Gasteiger partial charge in [-0.2, -0.15) is 5.48 Å². The number of rotatable bonds is 11. The number of carbonyl (C=O) groups excluding carboxylic acids is 1. The summed E-state index contributed by atoms with van der Waals surface area (Å²) in [6.07, 6.45) is 3.71. The highest BCUT2D eigenvalue weighted by atomic mass is 35.5. The van der Waals surface area contributed by atoms with E-state index in [1.165, 1.54) is 0 Å². The molecular formula is C28H40Cl8N2O8S. The minimum absolute atomic E-state index is 0.0638. The number of nitrogens with one attached hydrogen (secondary N) is 2. The first-order chi connectivity index (χ1) is 22.1. The van der Waals surface area contributed by atoms with Gasteiger partial charge >= 0.3 is 5.97 Å². The molecule has 19 heteroatoms. The highest BCUT2D eigenvalue weighted by Crippen LogP contribution is 2.44. The van der Waals surface area contributed by atoms with Crippen LogP contribution >= 0.6 is 92.8 Å². The predicted octanol–water partition coefficient (Wildman–Crippen LogP) is 5.59. The lowest BCUT2D eigenvalue weighted by atomic mass is 9.77. The number of amides is 1. The highest BCUT2D eigenvalue weighted by Gasteiger charge is 2.55. The zero-order chi connectivity index (χ0) is 34.8. The highest BCUT2D eigenvalue weighted by molar-refractivity contribution is 7.92. The monoisotopic (exact) mass is 844 g/mol. The van der Waals surface area contributed by atoms with E-state index >= 15 is 0 Å². The lowest BCUT2D eigenvalue weighted by Crippen LogP contribution is -2.58. The van der Waals surface area contributed by atoms with Crippen LogP contribution < -0.4 is 10.8 Å². The van der Waals surface area contributed by atoms with Crippen LogP contribution in [0.5, 0.6) is 0 Å². The Labute approximate surface area is 315 Å². The number of carbonyl (C=O) groups is 2. The molecule has 10 nitrogen and oxygen atoms in total. The van der Waals surface area contributed by atoms with E-state index < -0.39 is 93.0 Å². The van der Waals surface area contributed by atoms with Gasteiger partial charge in [0.25, 0.3) is 0 Å². The van der Waals surface area contributed by atoms with Crippen molar-refractivity contribution >= 4 is 115 Å². The Morgan fingerprint density at radius 1 is 0.617 bits per heavy atom. The summed E-state index contributed by atoms with van der Waals surface area (Å²) >= 11 is 50.8. The maximum Gasteiger partial charge on any atom is 0.308 e. The van der Waals surface area contributed by atoms with Crippen molar-refractivity contribution in [1.29, 1.82) is 0 Å². The summed E-state index contributed by atoms with van der Waals surface area (Å²) in [6.45, 7) is 0.0680. The fourth-order valence-corrected chi connectivity index (χ4v) is 13.1. The molecule has 1 amide bonds. The van der Waals surface area contributed by atoms with E-state index in [2.05, 4.69) is 15.7 Å². The summed E-state index contributed by atoms with van der Waals surface area (Å²) in [5, 5.41) is 14.3. The van der Waals surface area contributed by atoms with Gasteiger partial charge in [-0.15, -0.1) is 92.8 Å². The average molecular weight is 848 g/mol. The molecule has 0 spiro atoms. The summed E-state index contributed by atoms with van der Waals surface area (Å²) in [6, 6.07) is -0.398. The number of hydroxylamine groups is 1. The Balaban J connectivity index is 1.23. The Morgan fingerprint density at radius 2 is 1.04 bits per heavy atom. The number of hydrogen-bond acceptors (Lipinski definition) is 8. The fourth-order valence-electron chi connectivity index (χ4n) is 7.43. The summed E-state index contributed by atoms with van der Waals surface area (Å²) in [4.78, 5) is 35.3. The second-order valence-corrected chi connectivity index (χ2v) is 19.6. The van der Waals surface area contributed by atoms with Crippen molar-refractivity contribution in [2.45, 2.75) is 117 Å². The molecule has 272 valence electrons. The standard InChI is InChI=1S/C28H40Cl8N2O8S/c29-19-15(16(10-46-42)20(30)24(34)23(19)33)9-45-38-12-3-7-14(8-4-12)47(43,44)13-5-1-11(2-6-13)37-27(39)17-18(28(40)41)22(32)26(36)25(35)21(17)31/h11-26,38,42H,1-10H2,(H,37,39)(H,40,41). The Morgan fingerprint density at radius 3 is 1.51 bits per heavy atom. The van der Waals surface area contributed by atoms with Gasteiger partial charge in [0.2, 0.25) is 5.91 Å². The Bertz CT molecular complexity index is 1180. The third-order valence-corrected chi connectivity index (χ3v) is 18.3. The van der Waals surface area contributed by atoms with Crippen molar-refractivity contribution in [3.63, 3.8) is 0 Å². The van der Waals surface area contributed by atoms with Gasteiger partial charge in [-0.3, -0.25) is 14.8 Å². The van der Waals surface area contributed by atoms with Gasteiger partial charge in [-0.05, 0) is 51.4 Å². The SMILES string of the molecule is O=C(O)C1C(Cl)C(Cl)C(Cl)C(Cl)C1C(=O)NC1CCC(S(=O)(=O)C2CCC(NOCC3C(Cl)C(Cl)C(Cl)C(Cl)C3COO)CC2)CC1. The molecule has 0 radical (unpaired) electrons. The molecule has 0 aromatic rings. The van der Waals surface area contributed by atoms with Crippen LogP contribution in [0.25, 0.3) is 0 Å². The average Bonchev–Trinajstić information content (AvgIpc) is 3.04. The van der Waals surface area contributed by atoms with Gasteiger partial charge in [-0.1, -0.05) is 0 Å². The molecule has 0 aliphatic heterocycles. The lowest BCUT2D eigenvalue weighted by molar-refractivity contribution is -0.256. The van der Waals surface area contributed by atoms with Gasteiger partial charge in [0.15, 0.2) is 9.84 Å². The normalized spacial score (nSPS) is 44.9. The number of carboxylic acids is 1. The third kappa shape index (κ3) is 9.17. The van der Waals surface area contributed by atoms with Crippen LogP contribution in [0.2, 0.25) is 0 Å². The van der Waals surface area contributed by atoms with Crippen LogP contribution in [-0.2, 0) is 29.2 Å². The molecule has 4 aliphatic rings. The predicted molar refractivity (Wildman–Crippen MR) is 186 cm³/mol. The molecule has 4 aliphatic carbocycles. The molecule has 0 aromatic heterocycles. The van der Waals surface area contributed by atoms with Crippen LogP contribution in [0.15, 0.2) is 0 Å². The molecular weight excluding hydrogens is 808 g/mol. The third-order valence-electron chi connectivity index (χ3n) is 10.3. The number of hydrogen-bond donors (Lipinski definition) is 4. The molecule has 0 saturated heterocycles. The van der Waals surface area contributed by atoms with E-state index in [0.29, 0.717) is 51.4 Å². The van der Waals surface area contributed by atoms with Crippen molar-refractivity contribution in [3.8, 4) is 0 Å². The number of sulfone groups is 1. The molecule has 47 heavy (non-hydrogen) atoms. The first-order valence-corrected chi connectivity index (χ1v) is 20.7. The van der Waals surface area contributed by atoms with Crippen molar-refractivity contribution in [3.05, 3.63) is 0 Å². The van der Waals surface area contributed by atoms with Gasteiger partial charge in [-0.25, -0.2) is 13.3 Å². The van der Waals surface area contributed by atoms with E-state index in [-0.39, 0.29) is 31.2 Å². The zero-order valence-electron chi connectivity index (χ0n) is 25.1. The maximum absolute atomic E-state index is 13.6. The molecule has 0 bridgehead atoms. The van der Waals surface area contributed by atoms with Gasteiger partial charge < -0.3 is 15.3 Å². The lowest BCUT2D eigenvalue weighted by Gasteiger charge is -2.43. The number of carboxylic acid groups (broad SMARTS) is 1. The molecule has 4 fully saturated rings. The van der Waals surface area contributed by atoms with E-state index in [9.17, 15) is 23.1 Å². The molecule has 4 rings (SSSR count). The second kappa shape index (κ2) is 17.7. The van der Waals surface area contributed by atoms with Crippen molar-refractivity contribution in [1.82, 2.24) is 10.8 Å². The molecule has 0 aromatic carbocycles. The first kappa shape index (κ1) is 40.8. The summed E-state index contributed by atoms with van der Waals surface area (Å²) in [5.41, 5.74) is 3.03. The van der Waals surface area contributed by atoms with Crippen molar-refractivity contribution in [2.75, 3.05) is 13.2 Å². The molecule has 0 heterocycles. The van der Waals surface area contributed by atoms with Gasteiger partial charge in [0.05, 0.1) is 78.6 Å². The van der Waals surface area contributed by atoms with Gasteiger partial charge in [0.1, 0.15) is 0 Å². The summed E-state index contributed by atoms with van der Waals surface area (Å²) < 4.78 is 27.2. The number of aliphatic carboxylic acids is 1. The van der Waals surface area contributed by atoms with Gasteiger partial charge in [0, 0.05) is 23.9 Å². The van der Waals surface area contributed by atoms with Crippen LogP contribution in [0.3, 0.4) is 0 Å². The smallest absolute Gasteiger partial charge is 0.308 e. The van der Waals surface area contributed by atoms with Crippen molar-refractivity contribution in [2.24, 2.45) is 23.7 Å².